The van der Waals surface area contributed by atoms with Gasteiger partial charge in [-0.15, -0.1) is 0 Å². The molecule has 0 bridgehead atoms. The topological polar surface area (TPSA) is 26.7 Å². The van der Waals surface area contributed by atoms with E-state index in [1.54, 1.807) is 6.07 Å². The van der Waals surface area contributed by atoms with E-state index in [1.165, 1.54) is 6.07 Å². The summed E-state index contributed by atoms with van der Waals surface area (Å²) in [6.45, 7) is 1.85. The third kappa shape index (κ3) is 2.85. The molecule has 0 atom stereocenters. The summed E-state index contributed by atoms with van der Waals surface area (Å²) in [6.07, 6.45) is 2.18. The Balaban J connectivity index is 2.12. The minimum atomic E-state index is 0.202. The lowest BCUT2D eigenvalue weighted by molar-refractivity contribution is 0.249. The third-order valence-electron chi connectivity index (χ3n) is 3.55. The van der Waals surface area contributed by atoms with Crippen molar-refractivity contribution in [3.05, 3.63) is 22.2 Å². The van der Waals surface area contributed by atoms with Crippen LogP contribution in [0.5, 0.6) is 5.75 Å². The number of piperidine rings is 1. The molecule has 1 aromatic rings. The Morgan fingerprint density at radius 2 is 1.72 bits per heavy atom. The molecule has 0 spiro atoms. The van der Waals surface area contributed by atoms with Crippen molar-refractivity contribution in [1.82, 2.24) is 4.90 Å². The fraction of sp³-hybridized carbons (Fsp3) is 0.538. The zero-order valence-corrected chi connectivity index (χ0v) is 12.2. The first-order valence-corrected chi connectivity index (χ1v) is 6.84. The average Bonchev–Trinajstić information content (AvgIpc) is 2.34. The predicted octanol–water partition coefficient (Wildman–Crippen LogP) is 3.23. The minimum absolute atomic E-state index is 0.202. The lowest BCUT2D eigenvalue weighted by Gasteiger charge is -2.36. The van der Waals surface area contributed by atoms with Crippen LogP contribution in [0.4, 0.5) is 5.69 Å². The van der Waals surface area contributed by atoms with E-state index in [-0.39, 0.29) is 5.75 Å². The largest absolute Gasteiger partial charge is 0.506 e. The van der Waals surface area contributed by atoms with E-state index in [0.29, 0.717) is 16.1 Å². The molecule has 1 aliphatic heterocycles. The van der Waals surface area contributed by atoms with E-state index in [9.17, 15) is 5.11 Å². The van der Waals surface area contributed by atoms with Crippen LogP contribution in [0.15, 0.2) is 12.1 Å². The summed E-state index contributed by atoms with van der Waals surface area (Å²) in [4.78, 5) is 4.42. The van der Waals surface area contributed by atoms with E-state index in [2.05, 4.69) is 23.9 Å². The highest BCUT2D eigenvalue weighted by atomic mass is 35.5. The van der Waals surface area contributed by atoms with Crippen molar-refractivity contribution < 1.29 is 5.11 Å². The Morgan fingerprint density at radius 1 is 1.17 bits per heavy atom. The van der Waals surface area contributed by atoms with Gasteiger partial charge in [0.2, 0.25) is 0 Å². The van der Waals surface area contributed by atoms with Crippen molar-refractivity contribution in [3.63, 3.8) is 0 Å². The SMILES string of the molecule is CN(C)C1CCN(c2cc(Cl)c(Cl)cc2O)CC1. The predicted molar refractivity (Wildman–Crippen MR) is 77.0 cm³/mol. The van der Waals surface area contributed by atoms with Gasteiger partial charge in [0.05, 0.1) is 15.7 Å². The minimum Gasteiger partial charge on any atom is -0.506 e. The molecule has 1 aliphatic rings. The molecule has 1 N–H and O–H groups in total. The highest BCUT2D eigenvalue weighted by Gasteiger charge is 2.22. The average molecular weight is 289 g/mol. The molecular weight excluding hydrogens is 271 g/mol. The molecule has 1 aromatic carbocycles. The molecule has 2 rings (SSSR count). The van der Waals surface area contributed by atoms with Gasteiger partial charge in [-0.2, -0.15) is 0 Å². The molecule has 0 aromatic heterocycles. The van der Waals surface area contributed by atoms with Gasteiger partial charge in [-0.25, -0.2) is 0 Å². The first-order chi connectivity index (χ1) is 8.49. The lowest BCUT2D eigenvalue weighted by Crippen LogP contribution is -2.42. The lowest BCUT2D eigenvalue weighted by atomic mass is 10.0. The monoisotopic (exact) mass is 288 g/mol. The Hall–Kier alpha value is -0.640. The Kier molecular flexibility index (Phi) is 4.25. The molecule has 0 radical (unpaired) electrons. The number of phenols is 1. The van der Waals surface area contributed by atoms with Crippen molar-refractivity contribution >= 4 is 28.9 Å². The Morgan fingerprint density at radius 3 is 2.28 bits per heavy atom. The summed E-state index contributed by atoms with van der Waals surface area (Å²) in [5, 5.41) is 10.8. The Bertz CT molecular complexity index is 429. The molecule has 100 valence electrons. The van der Waals surface area contributed by atoms with Crippen LogP contribution in [0.2, 0.25) is 10.0 Å². The molecule has 18 heavy (non-hydrogen) atoms. The number of hydrogen-bond donors (Lipinski definition) is 1. The normalized spacial score (nSPS) is 17.5. The Labute approximate surface area is 118 Å². The van der Waals surface area contributed by atoms with Gasteiger partial charge in [0.1, 0.15) is 5.75 Å². The van der Waals surface area contributed by atoms with Crippen LogP contribution in [-0.4, -0.2) is 43.2 Å². The van der Waals surface area contributed by atoms with Gasteiger partial charge >= 0.3 is 0 Å². The van der Waals surface area contributed by atoms with Crippen LogP contribution < -0.4 is 4.90 Å². The fourth-order valence-electron chi connectivity index (χ4n) is 2.40. The van der Waals surface area contributed by atoms with Gasteiger partial charge in [-0.05, 0) is 33.0 Å². The maximum absolute atomic E-state index is 9.95. The second-order valence-corrected chi connectivity index (χ2v) is 5.75. The van der Waals surface area contributed by atoms with Crippen LogP contribution in [0.25, 0.3) is 0 Å². The summed E-state index contributed by atoms with van der Waals surface area (Å²) in [6, 6.07) is 3.87. The molecule has 1 fully saturated rings. The molecule has 5 heteroatoms. The van der Waals surface area contributed by atoms with Gasteiger partial charge in [0.25, 0.3) is 0 Å². The van der Waals surface area contributed by atoms with Crippen molar-refractivity contribution in [3.8, 4) is 5.75 Å². The maximum atomic E-state index is 9.95. The molecule has 1 saturated heterocycles. The van der Waals surface area contributed by atoms with Crippen LogP contribution in [-0.2, 0) is 0 Å². The standard InChI is InChI=1S/C13H18Cl2N2O/c1-16(2)9-3-5-17(6-4-9)12-7-10(14)11(15)8-13(12)18/h7-9,18H,3-6H2,1-2H3. The summed E-state index contributed by atoms with van der Waals surface area (Å²) in [5.41, 5.74) is 0.779. The quantitative estimate of drug-likeness (QED) is 0.905. The molecule has 0 saturated carbocycles. The number of nitrogens with zero attached hydrogens (tertiary/aromatic N) is 2. The molecule has 0 unspecified atom stereocenters. The number of anilines is 1. The van der Waals surface area contributed by atoms with Crippen molar-refractivity contribution in [2.45, 2.75) is 18.9 Å². The second kappa shape index (κ2) is 5.55. The maximum Gasteiger partial charge on any atom is 0.140 e. The number of aromatic hydroxyl groups is 1. The number of hydrogen-bond acceptors (Lipinski definition) is 3. The summed E-state index contributed by atoms with van der Waals surface area (Å²) >= 11 is 11.9. The van der Waals surface area contributed by atoms with Crippen LogP contribution in [0, 0.1) is 0 Å². The molecule has 0 aliphatic carbocycles. The zero-order valence-electron chi connectivity index (χ0n) is 10.7. The van der Waals surface area contributed by atoms with Crippen molar-refractivity contribution in [2.24, 2.45) is 0 Å². The van der Waals surface area contributed by atoms with Crippen molar-refractivity contribution in [2.75, 3.05) is 32.1 Å². The zero-order chi connectivity index (χ0) is 13.3. The third-order valence-corrected chi connectivity index (χ3v) is 4.28. The molecule has 0 amide bonds. The summed E-state index contributed by atoms with van der Waals surface area (Å²) < 4.78 is 0. The van der Waals surface area contributed by atoms with Gasteiger partial charge in [0.15, 0.2) is 0 Å². The van der Waals surface area contributed by atoms with Gasteiger partial charge < -0.3 is 14.9 Å². The number of benzene rings is 1. The highest BCUT2D eigenvalue weighted by Crippen LogP contribution is 2.36. The van der Waals surface area contributed by atoms with E-state index in [1.807, 2.05) is 0 Å². The van der Waals surface area contributed by atoms with E-state index < -0.39 is 0 Å². The van der Waals surface area contributed by atoms with Gasteiger partial charge in [0, 0.05) is 25.2 Å². The van der Waals surface area contributed by atoms with E-state index in [4.69, 9.17) is 23.2 Å². The van der Waals surface area contributed by atoms with Crippen LogP contribution in [0.3, 0.4) is 0 Å². The van der Waals surface area contributed by atoms with E-state index in [0.717, 1.165) is 31.6 Å². The van der Waals surface area contributed by atoms with Crippen LogP contribution >= 0.6 is 23.2 Å². The summed E-state index contributed by atoms with van der Waals surface area (Å²) in [5.74, 6) is 0.202. The van der Waals surface area contributed by atoms with E-state index >= 15 is 0 Å². The van der Waals surface area contributed by atoms with Gasteiger partial charge in [-0.1, -0.05) is 23.2 Å². The summed E-state index contributed by atoms with van der Waals surface area (Å²) in [7, 11) is 4.22. The number of halogens is 2. The fourth-order valence-corrected chi connectivity index (χ4v) is 2.72. The first-order valence-electron chi connectivity index (χ1n) is 6.08. The number of rotatable bonds is 2. The number of phenolic OH excluding ortho intramolecular Hbond substituents is 1. The van der Waals surface area contributed by atoms with Crippen molar-refractivity contribution in [1.29, 1.82) is 0 Å². The first kappa shape index (κ1) is 13.8. The molecule has 1 heterocycles. The second-order valence-electron chi connectivity index (χ2n) is 4.94. The van der Waals surface area contributed by atoms with Gasteiger partial charge in [-0.3, -0.25) is 0 Å². The molecule has 3 nitrogen and oxygen atoms in total. The smallest absolute Gasteiger partial charge is 0.140 e. The molecular formula is C13H18Cl2N2O. The van der Waals surface area contributed by atoms with Crippen LogP contribution in [0.1, 0.15) is 12.8 Å². The highest BCUT2D eigenvalue weighted by molar-refractivity contribution is 6.42.